The smallest absolute Gasteiger partial charge is 0.261 e. The maximum Gasteiger partial charge on any atom is 0.261 e. The van der Waals surface area contributed by atoms with Crippen molar-refractivity contribution in [2.75, 3.05) is 7.05 Å². The van der Waals surface area contributed by atoms with Gasteiger partial charge in [0, 0.05) is 7.05 Å². The van der Waals surface area contributed by atoms with Crippen molar-refractivity contribution < 1.29 is 14.4 Å². The average molecular weight is 275 g/mol. The van der Waals surface area contributed by atoms with Gasteiger partial charge < -0.3 is 0 Å². The number of hydroxylamine groups is 2. The summed E-state index contributed by atoms with van der Waals surface area (Å²) in [5, 5.41) is 1.18. The second kappa shape index (κ2) is 4.70. The van der Waals surface area contributed by atoms with E-state index in [0.29, 0.717) is 0 Å². The van der Waals surface area contributed by atoms with Crippen molar-refractivity contribution in [2.45, 2.75) is 46.1 Å². The van der Waals surface area contributed by atoms with E-state index in [1.54, 1.807) is 20.9 Å². The number of benzene rings is 1. The van der Waals surface area contributed by atoms with E-state index in [9.17, 15) is 9.59 Å². The lowest BCUT2D eigenvalue weighted by Gasteiger charge is -2.38. The second-order valence-electron chi connectivity index (χ2n) is 6.03. The molecule has 1 saturated heterocycles. The summed E-state index contributed by atoms with van der Waals surface area (Å²) in [7, 11) is 1.56. The molecule has 1 aliphatic rings. The normalized spacial score (nSPS) is 22.3. The maximum absolute atomic E-state index is 12.6. The van der Waals surface area contributed by atoms with Gasteiger partial charge in [0.2, 0.25) is 0 Å². The van der Waals surface area contributed by atoms with Crippen molar-refractivity contribution in [1.82, 2.24) is 5.06 Å². The van der Waals surface area contributed by atoms with Gasteiger partial charge in [-0.25, -0.2) is 5.06 Å². The van der Waals surface area contributed by atoms with E-state index in [-0.39, 0.29) is 11.7 Å². The van der Waals surface area contributed by atoms with Crippen LogP contribution in [0.2, 0.25) is 0 Å². The fourth-order valence-electron chi connectivity index (χ4n) is 2.64. The molecule has 1 fully saturated rings. The first-order chi connectivity index (χ1) is 9.15. The molecule has 0 N–H and O–H groups in total. The molecule has 1 aliphatic heterocycles. The van der Waals surface area contributed by atoms with E-state index in [1.807, 2.05) is 32.9 Å². The summed E-state index contributed by atoms with van der Waals surface area (Å²) in [4.78, 5) is 30.3. The molecule has 0 spiro atoms. The van der Waals surface area contributed by atoms with Crippen LogP contribution < -0.4 is 0 Å². The number of carbonyl (C=O) groups excluding carboxylic acids is 2. The molecular formula is C16H21NO3. The van der Waals surface area contributed by atoms with E-state index < -0.39 is 11.5 Å². The Hall–Kier alpha value is -1.68. The van der Waals surface area contributed by atoms with E-state index in [1.165, 1.54) is 5.06 Å². The van der Waals surface area contributed by atoms with Crippen LogP contribution in [0.15, 0.2) is 12.1 Å². The molecular weight excluding hydrogens is 254 g/mol. The monoisotopic (exact) mass is 275 g/mol. The number of Topliss-reactive ketones (excluding diaryl/α,β-unsaturated/α-hetero) is 1. The molecule has 108 valence electrons. The summed E-state index contributed by atoms with van der Waals surface area (Å²) >= 11 is 0. The number of hydrogen-bond donors (Lipinski definition) is 0. The number of amides is 1. The number of likely N-dealkylation sites (N-methyl/N-ethyl adjacent to an activating group) is 1. The molecule has 1 aromatic carbocycles. The Labute approximate surface area is 119 Å². The SMILES string of the molecule is Cc1cc(C)c(C2C(=O)N(C)OC(C)(C)C2=O)cc1C. The van der Waals surface area contributed by atoms with E-state index in [4.69, 9.17) is 4.84 Å². The Morgan fingerprint density at radius 3 is 2.20 bits per heavy atom. The highest BCUT2D eigenvalue weighted by Crippen LogP contribution is 2.34. The highest BCUT2D eigenvalue weighted by molar-refractivity contribution is 6.11. The van der Waals surface area contributed by atoms with Crippen LogP contribution >= 0.6 is 0 Å². The van der Waals surface area contributed by atoms with Gasteiger partial charge in [-0.05, 0) is 56.9 Å². The quantitative estimate of drug-likeness (QED) is 0.740. The molecule has 4 nitrogen and oxygen atoms in total. The molecule has 2 rings (SSSR count). The van der Waals surface area contributed by atoms with Gasteiger partial charge in [-0.15, -0.1) is 0 Å². The van der Waals surface area contributed by atoms with Crippen molar-refractivity contribution in [3.05, 3.63) is 34.4 Å². The van der Waals surface area contributed by atoms with Crippen LogP contribution in [0.3, 0.4) is 0 Å². The highest BCUT2D eigenvalue weighted by atomic mass is 16.7. The summed E-state index contributed by atoms with van der Waals surface area (Å²) < 4.78 is 0. The predicted molar refractivity (Wildman–Crippen MR) is 76.3 cm³/mol. The van der Waals surface area contributed by atoms with Gasteiger partial charge in [-0.1, -0.05) is 12.1 Å². The minimum absolute atomic E-state index is 0.188. The number of hydrogen-bond acceptors (Lipinski definition) is 3. The predicted octanol–water partition coefficient (Wildman–Crippen LogP) is 2.45. The lowest BCUT2D eigenvalue weighted by molar-refractivity contribution is -0.233. The molecule has 1 atom stereocenters. The van der Waals surface area contributed by atoms with Crippen LogP contribution in [-0.4, -0.2) is 29.4 Å². The fraction of sp³-hybridized carbons (Fsp3) is 0.500. The van der Waals surface area contributed by atoms with E-state index >= 15 is 0 Å². The molecule has 0 saturated carbocycles. The third-order valence-electron chi connectivity index (χ3n) is 3.97. The Balaban J connectivity index is 2.57. The average Bonchev–Trinajstić information content (AvgIpc) is 2.33. The van der Waals surface area contributed by atoms with E-state index in [0.717, 1.165) is 22.3 Å². The Bertz CT molecular complexity index is 590. The van der Waals surface area contributed by atoms with Crippen LogP contribution in [-0.2, 0) is 14.4 Å². The van der Waals surface area contributed by atoms with Gasteiger partial charge in [0.15, 0.2) is 5.78 Å². The van der Waals surface area contributed by atoms with Crippen molar-refractivity contribution in [1.29, 1.82) is 0 Å². The minimum atomic E-state index is -0.988. The Morgan fingerprint density at radius 1 is 1.05 bits per heavy atom. The molecule has 1 unspecified atom stereocenters. The van der Waals surface area contributed by atoms with E-state index in [2.05, 4.69) is 0 Å². The number of aryl methyl sites for hydroxylation is 3. The zero-order valence-corrected chi connectivity index (χ0v) is 12.9. The Morgan fingerprint density at radius 2 is 1.60 bits per heavy atom. The van der Waals surface area contributed by atoms with Gasteiger partial charge in [0.1, 0.15) is 11.5 Å². The third kappa shape index (κ3) is 2.24. The second-order valence-corrected chi connectivity index (χ2v) is 6.03. The number of nitrogens with zero attached hydrogens (tertiary/aromatic N) is 1. The zero-order chi connectivity index (χ0) is 15.2. The van der Waals surface area contributed by atoms with Crippen LogP contribution in [0.5, 0.6) is 0 Å². The molecule has 1 heterocycles. The number of rotatable bonds is 1. The molecule has 1 aromatic rings. The lowest BCUT2D eigenvalue weighted by Crippen LogP contribution is -2.54. The number of carbonyl (C=O) groups is 2. The largest absolute Gasteiger partial charge is 0.295 e. The van der Waals surface area contributed by atoms with Gasteiger partial charge >= 0.3 is 0 Å². The highest BCUT2D eigenvalue weighted by Gasteiger charge is 2.47. The van der Waals surface area contributed by atoms with Crippen molar-refractivity contribution >= 4 is 11.7 Å². The Kier molecular flexibility index (Phi) is 3.46. The molecule has 0 aliphatic carbocycles. The fourth-order valence-corrected chi connectivity index (χ4v) is 2.64. The summed E-state index contributed by atoms with van der Waals surface area (Å²) in [5.41, 5.74) is 3.00. The van der Waals surface area contributed by atoms with Crippen LogP contribution in [0.25, 0.3) is 0 Å². The molecule has 20 heavy (non-hydrogen) atoms. The first-order valence-corrected chi connectivity index (χ1v) is 6.74. The maximum atomic E-state index is 12.6. The number of ketones is 1. The topological polar surface area (TPSA) is 46.6 Å². The zero-order valence-electron chi connectivity index (χ0n) is 12.9. The lowest BCUT2D eigenvalue weighted by atomic mass is 9.81. The van der Waals surface area contributed by atoms with Crippen molar-refractivity contribution in [3.8, 4) is 0 Å². The van der Waals surface area contributed by atoms with Gasteiger partial charge in [-0.3, -0.25) is 14.4 Å². The van der Waals surface area contributed by atoms with Crippen LogP contribution in [0, 0.1) is 20.8 Å². The van der Waals surface area contributed by atoms with Crippen LogP contribution in [0.4, 0.5) is 0 Å². The minimum Gasteiger partial charge on any atom is -0.295 e. The summed E-state index contributed by atoms with van der Waals surface area (Å²) in [6.45, 7) is 9.34. The molecule has 4 heteroatoms. The molecule has 0 bridgehead atoms. The first-order valence-electron chi connectivity index (χ1n) is 6.74. The molecule has 1 amide bonds. The molecule has 0 radical (unpaired) electrons. The summed E-state index contributed by atoms with van der Waals surface area (Å²) in [6, 6.07) is 3.97. The first kappa shape index (κ1) is 14.7. The van der Waals surface area contributed by atoms with Gasteiger partial charge in [0.25, 0.3) is 5.91 Å². The summed E-state index contributed by atoms with van der Waals surface area (Å²) in [5.74, 6) is -1.27. The van der Waals surface area contributed by atoms with Crippen molar-refractivity contribution in [2.24, 2.45) is 0 Å². The standard InChI is InChI=1S/C16H21NO3/c1-9-7-11(3)12(8-10(9)2)13-14(18)16(4,5)20-17(6)15(13)19/h7-8,13H,1-6H3. The summed E-state index contributed by atoms with van der Waals surface area (Å²) in [6.07, 6.45) is 0. The van der Waals surface area contributed by atoms with Gasteiger partial charge in [-0.2, -0.15) is 0 Å². The molecule has 0 aromatic heterocycles. The van der Waals surface area contributed by atoms with Crippen LogP contribution in [0.1, 0.15) is 42.0 Å². The van der Waals surface area contributed by atoms with Gasteiger partial charge in [0.05, 0.1) is 0 Å². The van der Waals surface area contributed by atoms with Crippen molar-refractivity contribution in [3.63, 3.8) is 0 Å². The third-order valence-corrected chi connectivity index (χ3v) is 3.97.